The first-order valence-electron chi connectivity index (χ1n) is 7.96. The van der Waals surface area contributed by atoms with Gasteiger partial charge in [-0.2, -0.15) is 0 Å². The van der Waals surface area contributed by atoms with E-state index in [1.807, 2.05) is 0 Å². The molecular weight excluding hydrogens is 222 g/mol. The van der Waals surface area contributed by atoms with Crippen molar-refractivity contribution in [3.05, 3.63) is 0 Å². The summed E-state index contributed by atoms with van der Waals surface area (Å²) in [4.78, 5) is 0. The smallest absolute Gasteiger partial charge is 0.0774 e. The third-order valence-electron chi connectivity index (χ3n) is 5.28. The maximum absolute atomic E-state index is 10.7. The van der Waals surface area contributed by atoms with Crippen LogP contribution in [-0.4, -0.2) is 23.3 Å². The molecule has 2 aliphatic rings. The van der Waals surface area contributed by atoms with Crippen molar-refractivity contribution in [3.63, 3.8) is 0 Å². The lowest BCUT2D eigenvalue weighted by molar-refractivity contribution is -0.0178. The van der Waals surface area contributed by atoms with Gasteiger partial charge in [-0.3, -0.25) is 0 Å². The van der Waals surface area contributed by atoms with Crippen LogP contribution < -0.4 is 5.32 Å². The SMILES string of the molecule is CC1CCCC(O)(CNC2C(C)CCCC2C)C1. The first-order chi connectivity index (χ1) is 8.50. The summed E-state index contributed by atoms with van der Waals surface area (Å²) in [6, 6.07) is 0.611. The molecule has 2 aliphatic carbocycles. The van der Waals surface area contributed by atoms with Crippen LogP contribution in [0.1, 0.15) is 65.7 Å². The third kappa shape index (κ3) is 3.48. The fourth-order valence-corrected chi connectivity index (χ4v) is 4.18. The van der Waals surface area contributed by atoms with E-state index in [4.69, 9.17) is 0 Å². The van der Waals surface area contributed by atoms with E-state index in [1.54, 1.807) is 0 Å². The molecule has 4 unspecified atom stereocenters. The van der Waals surface area contributed by atoms with Crippen LogP contribution in [0.3, 0.4) is 0 Å². The molecule has 4 atom stereocenters. The second-order valence-electron chi connectivity index (χ2n) is 7.22. The van der Waals surface area contributed by atoms with Crippen LogP contribution in [0.15, 0.2) is 0 Å². The maximum Gasteiger partial charge on any atom is 0.0774 e. The minimum Gasteiger partial charge on any atom is -0.389 e. The van der Waals surface area contributed by atoms with Crippen LogP contribution in [0.4, 0.5) is 0 Å². The van der Waals surface area contributed by atoms with Crippen molar-refractivity contribution in [2.45, 2.75) is 77.4 Å². The van der Waals surface area contributed by atoms with Gasteiger partial charge in [0.2, 0.25) is 0 Å². The predicted molar refractivity (Wildman–Crippen MR) is 76.6 cm³/mol. The van der Waals surface area contributed by atoms with E-state index in [2.05, 4.69) is 26.1 Å². The fourth-order valence-electron chi connectivity index (χ4n) is 4.18. The molecule has 2 fully saturated rings. The van der Waals surface area contributed by atoms with Gasteiger partial charge in [0.15, 0.2) is 0 Å². The van der Waals surface area contributed by atoms with Crippen molar-refractivity contribution in [2.75, 3.05) is 6.54 Å². The van der Waals surface area contributed by atoms with Crippen molar-refractivity contribution < 1.29 is 5.11 Å². The highest BCUT2D eigenvalue weighted by molar-refractivity contribution is 4.91. The van der Waals surface area contributed by atoms with Gasteiger partial charge in [0.1, 0.15) is 0 Å². The fraction of sp³-hybridized carbons (Fsp3) is 1.00. The molecule has 0 aromatic rings. The summed E-state index contributed by atoms with van der Waals surface area (Å²) in [7, 11) is 0. The molecular formula is C16H31NO. The van der Waals surface area contributed by atoms with E-state index in [0.717, 1.165) is 31.2 Å². The molecule has 0 aliphatic heterocycles. The summed E-state index contributed by atoms with van der Waals surface area (Å²) in [6.45, 7) is 7.80. The Morgan fingerprint density at radius 1 is 1.06 bits per heavy atom. The largest absolute Gasteiger partial charge is 0.389 e. The highest BCUT2D eigenvalue weighted by Gasteiger charge is 2.35. The number of rotatable bonds is 3. The molecule has 0 heterocycles. The van der Waals surface area contributed by atoms with Gasteiger partial charge in [-0.25, -0.2) is 0 Å². The zero-order valence-corrected chi connectivity index (χ0v) is 12.4. The quantitative estimate of drug-likeness (QED) is 0.808. The van der Waals surface area contributed by atoms with Crippen molar-refractivity contribution in [3.8, 4) is 0 Å². The molecule has 0 aromatic heterocycles. The monoisotopic (exact) mass is 253 g/mol. The Balaban J connectivity index is 1.85. The maximum atomic E-state index is 10.7. The number of nitrogens with one attached hydrogen (secondary N) is 1. The van der Waals surface area contributed by atoms with Crippen LogP contribution in [-0.2, 0) is 0 Å². The van der Waals surface area contributed by atoms with Gasteiger partial charge < -0.3 is 10.4 Å². The van der Waals surface area contributed by atoms with Crippen LogP contribution in [0.2, 0.25) is 0 Å². The van der Waals surface area contributed by atoms with E-state index in [-0.39, 0.29) is 0 Å². The molecule has 2 saturated carbocycles. The summed E-state index contributed by atoms with van der Waals surface area (Å²) >= 11 is 0. The van der Waals surface area contributed by atoms with Crippen molar-refractivity contribution >= 4 is 0 Å². The van der Waals surface area contributed by atoms with E-state index in [9.17, 15) is 5.11 Å². The Morgan fingerprint density at radius 3 is 2.33 bits per heavy atom. The Kier molecular flexibility index (Phi) is 4.71. The lowest BCUT2D eigenvalue weighted by Gasteiger charge is -2.40. The Bertz CT molecular complexity index is 258. The van der Waals surface area contributed by atoms with Gasteiger partial charge in [-0.1, -0.05) is 40.0 Å². The normalized spacial score (nSPS) is 46.0. The van der Waals surface area contributed by atoms with Crippen LogP contribution in [0.25, 0.3) is 0 Å². The van der Waals surface area contributed by atoms with Crippen LogP contribution in [0.5, 0.6) is 0 Å². The molecule has 0 radical (unpaired) electrons. The van der Waals surface area contributed by atoms with Gasteiger partial charge in [-0.05, 0) is 43.4 Å². The van der Waals surface area contributed by atoms with Crippen molar-refractivity contribution in [2.24, 2.45) is 17.8 Å². The summed E-state index contributed by atoms with van der Waals surface area (Å²) in [5.74, 6) is 2.21. The van der Waals surface area contributed by atoms with E-state index >= 15 is 0 Å². The molecule has 0 saturated heterocycles. The van der Waals surface area contributed by atoms with E-state index < -0.39 is 5.60 Å². The highest BCUT2D eigenvalue weighted by atomic mass is 16.3. The van der Waals surface area contributed by atoms with E-state index in [1.165, 1.54) is 32.1 Å². The zero-order valence-electron chi connectivity index (χ0n) is 12.4. The second kappa shape index (κ2) is 5.92. The summed E-state index contributed by atoms with van der Waals surface area (Å²) in [5, 5.41) is 14.4. The van der Waals surface area contributed by atoms with Gasteiger partial charge >= 0.3 is 0 Å². The molecule has 18 heavy (non-hydrogen) atoms. The van der Waals surface area contributed by atoms with Gasteiger partial charge in [-0.15, -0.1) is 0 Å². The van der Waals surface area contributed by atoms with Crippen molar-refractivity contribution in [1.82, 2.24) is 5.32 Å². The lowest BCUT2D eigenvalue weighted by atomic mass is 9.76. The summed E-state index contributed by atoms with van der Waals surface area (Å²) in [6.07, 6.45) is 8.51. The first-order valence-corrected chi connectivity index (χ1v) is 7.96. The minimum absolute atomic E-state index is 0.436. The molecule has 2 nitrogen and oxygen atoms in total. The van der Waals surface area contributed by atoms with E-state index in [0.29, 0.717) is 12.0 Å². The van der Waals surface area contributed by atoms with Crippen LogP contribution in [0, 0.1) is 17.8 Å². The molecule has 0 amide bonds. The Labute approximate surface area is 113 Å². The van der Waals surface area contributed by atoms with Crippen LogP contribution >= 0.6 is 0 Å². The number of hydrogen-bond donors (Lipinski definition) is 2. The average Bonchev–Trinajstić information content (AvgIpc) is 2.28. The first kappa shape index (κ1) is 14.3. The standard InChI is InChI=1S/C16H31NO/c1-12-6-5-9-16(18,10-12)11-17-15-13(2)7-4-8-14(15)3/h12-15,17-18H,4-11H2,1-3H3. The zero-order chi connectivity index (χ0) is 13.2. The number of hydrogen-bond acceptors (Lipinski definition) is 2. The Morgan fingerprint density at radius 2 is 1.72 bits per heavy atom. The molecule has 106 valence electrons. The molecule has 2 rings (SSSR count). The molecule has 2 N–H and O–H groups in total. The third-order valence-corrected chi connectivity index (χ3v) is 5.28. The van der Waals surface area contributed by atoms with Gasteiger partial charge in [0.05, 0.1) is 5.60 Å². The average molecular weight is 253 g/mol. The lowest BCUT2D eigenvalue weighted by Crippen LogP contribution is -2.51. The predicted octanol–water partition coefficient (Wildman–Crippen LogP) is 3.34. The molecule has 0 spiro atoms. The van der Waals surface area contributed by atoms with Crippen molar-refractivity contribution in [1.29, 1.82) is 0 Å². The second-order valence-corrected chi connectivity index (χ2v) is 7.22. The summed E-state index contributed by atoms with van der Waals surface area (Å²) < 4.78 is 0. The summed E-state index contributed by atoms with van der Waals surface area (Å²) in [5.41, 5.74) is -0.436. The highest BCUT2D eigenvalue weighted by Crippen LogP contribution is 2.33. The van der Waals surface area contributed by atoms with Gasteiger partial charge in [0.25, 0.3) is 0 Å². The molecule has 2 heteroatoms. The molecule has 0 bridgehead atoms. The Hall–Kier alpha value is -0.0800. The minimum atomic E-state index is -0.436. The number of aliphatic hydroxyl groups is 1. The van der Waals surface area contributed by atoms with Gasteiger partial charge in [0, 0.05) is 12.6 Å². The molecule has 0 aromatic carbocycles. The topological polar surface area (TPSA) is 32.3 Å².